The van der Waals surface area contributed by atoms with Gasteiger partial charge in [0.2, 0.25) is 0 Å². The minimum Gasteiger partial charge on any atom is -0.457 e. The Hall–Kier alpha value is -4.07. The molecule has 0 saturated carbocycles. The van der Waals surface area contributed by atoms with Gasteiger partial charge in [0.1, 0.15) is 17.3 Å². The molecule has 33 heavy (non-hydrogen) atoms. The number of aromatic nitrogens is 1. The van der Waals surface area contributed by atoms with E-state index in [1.807, 2.05) is 13.0 Å². The van der Waals surface area contributed by atoms with E-state index in [1.165, 1.54) is 12.1 Å². The Morgan fingerprint density at radius 2 is 1.73 bits per heavy atom. The molecular weight excluding hydrogens is 431 g/mol. The lowest BCUT2D eigenvalue weighted by atomic mass is 10.1. The largest absolute Gasteiger partial charge is 0.457 e. The van der Waals surface area contributed by atoms with Crippen molar-refractivity contribution < 1.29 is 22.7 Å². The Bertz CT molecular complexity index is 1300. The summed E-state index contributed by atoms with van der Waals surface area (Å²) in [4.78, 5) is 17.0. The Labute approximate surface area is 188 Å². The van der Waals surface area contributed by atoms with E-state index >= 15 is 0 Å². The molecule has 4 aromatic rings. The van der Waals surface area contributed by atoms with Gasteiger partial charge in [0.15, 0.2) is 0 Å². The van der Waals surface area contributed by atoms with Crippen LogP contribution in [0.4, 0.5) is 19.0 Å². The quantitative estimate of drug-likeness (QED) is 0.383. The van der Waals surface area contributed by atoms with Crippen LogP contribution in [0.2, 0.25) is 0 Å². The number of nitrogens with zero attached hydrogens (tertiary/aromatic N) is 1. The van der Waals surface area contributed by atoms with Gasteiger partial charge in [-0.3, -0.25) is 4.79 Å². The molecule has 0 spiro atoms. The lowest BCUT2D eigenvalue weighted by molar-refractivity contribution is -0.137. The van der Waals surface area contributed by atoms with Gasteiger partial charge in [-0.1, -0.05) is 18.2 Å². The molecule has 3 aromatic carbocycles. The van der Waals surface area contributed by atoms with Crippen LogP contribution < -0.4 is 15.8 Å². The monoisotopic (exact) mass is 451 g/mol. The van der Waals surface area contributed by atoms with Crippen LogP contribution in [0, 0.1) is 0 Å². The molecule has 5 nitrogen and oxygen atoms in total. The number of pyridine rings is 1. The fourth-order valence-corrected chi connectivity index (χ4v) is 3.39. The maximum atomic E-state index is 12.8. The number of carbonyl (C=O) groups excluding carboxylic acids is 1. The molecular formula is C25H20F3N3O2. The van der Waals surface area contributed by atoms with E-state index < -0.39 is 11.7 Å². The molecule has 0 bridgehead atoms. The second kappa shape index (κ2) is 8.82. The van der Waals surface area contributed by atoms with Gasteiger partial charge in [0.05, 0.1) is 17.3 Å². The molecule has 0 aliphatic heterocycles. The summed E-state index contributed by atoms with van der Waals surface area (Å²) in [6.07, 6.45) is -4.41. The first-order valence-electron chi connectivity index (χ1n) is 10.1. The van der Waals surface area contributed by atoms with Crippen LogP contribution in [0.1, 0.15) is 34.6 Å². The second-order valence-electron chi connectivity index (χ2n) is 7.50. The molecule has 3 N–H and O–H groups in total. The zero-order valence-corrected chi connectivity index (χ0v) is 17.6. The molecule has 4 rings (SSSR count). The van der Waals surface area contributed by atoms with Gasteiger partial charge in [-0.25, -0.2) is 4.98 Å². The van der Waals surface area contributed by atoms with E-state index in [4.69, 9.17) is 10.5 Å². The molecule has 0 fully saturated rings. The number of amides is 1. The van der Waals surface area contributed by atoms with Gasteiger partial charge in [-0.2, -0.15) is 13.2 Å². The number of hydrogen-bond donors (Lipinski definition) is 2. The van der Waals surface area contributed by atoms with E-state index in [2.05, 4.69) is 10.3 Å². The summed E-state index contributed by atoms with van der Waals surface area (Å²) in [5, 5.41) is 4.37. The molecule has 1 heterocycles. The number of ether oxygens (including phenoxy) is 1. The number of nitrogens with two attached hydrogens (primary N) is 1. The number of benzene rings is 3. The van der Waals surface area contributed by atoms with Crippen molar-refractivity contribution in [1.29, 1.82) is 0 Å². The summed E-state index contributed by atoms with van der Waals surface area (Å²) in [5.74, 6) is 0.847. The topological polar surface area (TPSA) is 77.2 Å². The van der Waals surface area contributed by atoms with E-state index in [1.54, 1.807) is 48.5 Å². The van der Waals surface area contributed by atoms with Crippen molar-refractivity contribution in [1.82, 2.24) is 10.3 Å². The lowest BCUT2D eigenvalue weighted by Crippen LogP contribution is -2.27. The van der Waals surface area contributed by atoms with Crippen molar-refractivity contribution >= 4 is 22.5 Å². The number of nitrogens with one attached hydrogen (secondary N) is 1. The smallest absolute Gasteiger partial charge is 0.416 e. The Morgan fingerprint density at radius 3 is 2.42 bits per heavy atom. The van der Waals surface area contributed by atoms with Crippen molar-refractivity contribution in [3.8, 4) is 11.5 Å². The fraction of sp³-hybridized carbons (Fsp3) is 0.120. The summed E-state index contributed by atoms with van der Waals surface area (Å²) in [6, 6.07) is 19.8. The molecule has 1 unspecified atom stereocenters. The first kappa shape index (κ1) is 22.1. The number of nitrogen functional groups attached to an aromatic ring is 1. The van der Waals surface area contributed by atoms with E-state index in [0.29, 0.717) is 22.8 Å². The van der Waals surface area contributed by atoms with E-state index in [-0.39, 0.29) is 17.7 Å². The normalized spacial score (nSPS) is 12.4. The maximum absolute atomic E-state index is 12.8. The second-order valence-corrected chi connectivity index (χ2v) is 7.50. The predicted octanol–water partition coefficient (Wildman–Crippen LogP) is 6.12. The van der Waals surface area contributed by atoms with Crippen LogP contribution in [0.3, 0.4) is 0 Å². The van der Waals surface area contributed by atoms with Crippen molar-refractivity contribution in [2.24, 2.45) is 0 Å². The summed E-state index contributed by atoms with van der Waals surface area (Å²) < 4.78 is 44.1. The highest BCUT2D eigenvalue weighted by atomic mass is 19.4. The third-order valence-electron chi connectivity index (χ3n) is 5.10. The number of hydrogen-bond acceptors (Lipinski definition) is 4. The number of rotatable bonds is 5. The number of fused-ring (bicyclic) bond motifs is 1. The number of carbonyl (C=O) groups is 1. The zero-order chi connectivity index (χ0) is 23.6. The summed E-state index contributed by atoms with van der Waals surface area (Å²) in [5.41, 5.74) is 6.06. The molecule has 8 heteroatoms. The van der Waals surface area contributed by atoms with Crippen LogP contribution in [-0.2, 0) is 6.18 Å². The van der Waals surface area contributed by atoms with Gasteiger partial charge in [-0.05, 0) is 73.0 Å². The SMILES string of the molecule is CC(NC(=O)c1ccc2c(Oc3ccc(C(F)(F)F)cc3)cccc2c1)c1cccc(N)n1. The average Bonchev–Trinajstić information content (AvgIpc) is 2.78. The average molecular weight is 451 g/mol. The highest BCUT2D eigenvalue weighted by Crippen LogP contribution is 2.33. The molecule has 1 amide bonds. The minimum atomic E-state index is -4.41. The Kier molecular flexibility index (Phi) is 5.91. The third-order valence-corrected chi connectivity index (χ3v) is 5.10. The predicted molar refractivity (Wildman–Crippen MR) is 120 cm³/mol. The van der Waals surface area contributed by atoms with Gasteiger partial charge < -0.3 is 15.8 Å². The molecule has 168 valence electrons. The van der Waals surface area contributed by atoms with Crippen LogP contribution in [0.5, 0.6) is 11.5 Å². The first-order valence-corrected chi connectivity index (χ1v) is 10.1. The minimum absolute atomic E-state index is 0.275. The number of alkyl halides is 3. The summed E-state index contributed by atoms with van der Waals surface area (Å²) >= 11 is 0. The van der Waals surface area contributed by atoms with Crippen LogP contribution >= 0.6 is 0 Å². The van der Waals surface area contributed by atoms with Gasteiger partial charge in [-0.15, -0.1) is 0 Å². The number of halogens is 3. The molecule has 0 aliphatic carbocycles. The Morgan fingerprint density at radius 1 is 1.00 bits per heavy atom. The lowest BCUT2D eigenvalue weighted by Gasteiger charge is -2.15. The van der Waals surface area contributed by atoms with Crippen molar-refractivity contribution in [3.63, 3.8) is 0 Å². The number of anilines is 1. The summed E-state index contributed by atoms with van der Waals surface area (Å²) in [7, 11) is 0. The molecule has 0 aliphatic rings. The van der Waals surface area contributed by atoms with Gasteiger partial charge >= 0.3 is 6.18 Å². The molecule has 1 aromatic heterocycles. The maximum Gasteiger partial charge on any atom is 0.416 e. The van der Waals surface area contributed by atoms with Crippen LogP contribution in [-0.4, -0.2) is 10.9 Å². The first-order chi connectivity index (χ1) is 15.7. The molecule has 0 radical (unpaired) electrons. The van der Waals surface area contributed by atoms with E-state index in [9.17, 15) is 18.0 Å². The highest BCUT2D eigenvalue weighted by molar-refractivity contribution is 6.00. The molecule has 0 saturated heterocycles. The Balaban J connectivity index is 1.53. The van der Waals surface area contributed by atoms with Gasteiger partial charge in [0, 0.05) is 10.9 Å². The molecule has 1 atom stereocenters. The van der Waals surface area contributed by atoms with Crippen molar-refractivity contribution in [2.45, 2.75) is 19.1 Å². The van der Waals surface area contributed by atoms with Gasteiger partial charge in [0.25, 0.3) is 5.91 Å². The highest BCUT2D eigenvalue weighted by Gasteiger charge is 2.30. The van der Waals surface area contributed by atoms with E-state index in [0.717, 1.165) is 22.9 Å². The zero-order valence-electron chi connectivity index (χ0n) is 17.6. The van der Waals surface area contributed by atoms with Crippen LogP contribution in [0.15, 0.2) is 78.9 Å². The fourth-order valence-electron chi connectivity index (χ4n) is 3.39. The van der Waals surface area contributed by atoms with Crippen LogP contribution in [0.25, 0.3) is 10.8 Å². The summed E-state index contributed by atoms with van der Waals surface area (Å²) in [6.45, 7) is 1.82. The van der Waals surface area contributed by atoms with Crippen molar-refractivity contribution in [3.05, 3.63) is 95.7 Å². The standard InChI is InChI=1S/C25H20F3N3O2/c1-15(21-5-3-7-23(29)31-21)30-24(32)17-8-13-20-16(14-17)4-2-6-22(20)33-19-11-9-18(10-12-19)25(26,27)28/h2-15H,1H3,(H2,29,31)(H,30,32). The van der Waals surface area contributed by atoms with Crippen molar-refractivity contribution in [2.75, 3.05) is 5.73 Å². The third kappa shape index (κ3) is 5.06.